The van der Waals surface area contributed by atoms with Crippen molar-refractivity contribution in [2.75, 3.05) is 11.4 Å². The molecular formula is C25H20FN3O5. The van der Waals surface area contributed by atoms with E-state index in [1.807, 2.05) is 30.3 Å². The molecule has 1 atom stereocenters. The highest BCUT2D eigenvalue weighted by Gasteiger charge is 2.44. The van der Waals surface area contributed by atoms with Crippen LogP contribution in [-0.2, 0) is 16.0 Å². The van der Waals surface area contributed by atoms with E-state index < -0.39 is 34.5 Å². The number of amides is 3. The van der Waals surface area contributed by atoms with E-state index in [-0.39, 0.29) is 29.9 Å². The molecule has 1 unspecified atom stereocenters. The summed E-state index contributed by atoms with van der Waals surface area (Å²) in [6.07, 6.45) is 0.220. The molecule has 0 aliphatic carbocycles. The van der Waals surface area contributed by atoms with Gasteiger partial charge in [-0.2, -0.15) is 0 Å². The first-order chi connectivity index (χ1) is 16.3. The summed E-state index contributed by atoms with van der Waals surface area (Å²) in [5, 5.41) is 11.0. The summed E-state index contributed by atoms with van der Waals surface area (Å²) in [6.45, 7) is 0.154. The number of anilines is 1. The van der Waals surface area contributed by atoms with Gasteiger partial charge in [-0.25, -0.2) is 9.29 Å². The lowest BCUT2D eigenvalue weighted by molar-refractivity contribution is -0.384. The molecule has 0 saturated carbocycles. The average molecular weight is 461 g/mol. The van der Waals surface area contributed by atoms with E-state index in [0.29, 0.717) is 6.42 Å². The number of non-ortho nitro benzene ring substituents is 1. The van der Waals surface area contributed by atoms with Crippen LogP contribution in [0.1, 0.15) is 22.3 Å². The zero-order chi connectivity index (χ0) is 24.2. The van der Waals surface area contributed by atoms with E-state index in [4.69, 9.17) is 0 Å². The molecule has 172 valence electrons. The number of hydrogen-bond donors (Lipinski definition) is 0. The van der Waals surface area contributed by atoms with Gasteiger partial charge in [-0.05, 0) is 48.4 Å². The summed E-state index contributed by atoms with van der Waals surface area (Å²) in [5.74, 6) is -2.10. The molecule has 9 heteroatoms. The molecule has 4 rings (SSSR count). The summed E-state index contributed by atoms with van der Waals surface area (Å²) in [6, 6.07) is 18.4. The highest BCUT2D eigenvalue weighted by Crippen LogP contribution is 2.27. The molecule has 1 aliphatic heterocycles. The summed E-state index contributed by atoms with van der Waals surface area (Å²) in [7, 11) is 0. The molecule has 1 aliphatic rings. The van der Waals surface area contributed by atoms with Crippen LogP contribution in [0.4, 0.5) is 15.8 Å². The molecule has 3 aromatic carbocycles. The van der Waals surface area contributed by atoms with Crippen molar-refractivity contribution >= 4 is 29.1 Å². The molecule has 0 N–H and O–H groups in total. The lowest BCUT2D eigenvalue weighted by atomic mass is 10.1. The second-order valence-electron chi connectivity index (χ2n) is 7.80. The smallest absolute Gasteiger partial charge is 0.269 e. The van der Waals surface area contributed by atoms with Gasteiger partial charge in [-0.15, -0.1) is 0 Å². The Kier molecular flexibility index (Phi) is 6.44. The molecule has 1 heterocycles. The molecule has 3 aromatic rings. The van der Waals surface area contributed by atoms with Crippen LogP contribution in [0.3, 0.4) is 0 Å². The number of imide groups is 1. The lowest BCUT2D eigenvalue weighted by Gasteiger charge is -2.28. The Hall–Kier alpha value is -4.40. The number of hydrogen-bond acceptors (Lipinski definition) is 5. The van der Waals surface area contributed by atoms with Crippen molar-refractivity contribution in [2.45, 2.75) is 18.9 Å². The van der Waals surface area contributed by atoms with Crippen molar-refractivity contribution < 1.29 is 23.7 Å². The Morgan fingerprint density at radius 2 is 1.65 bits per heavy atom. The van der Waals surface area contributed by atoms with Crippen molar-refractivity contribution in [1.82, 2.24) is 4.90 Å². The third-order valence-electron chi connectivity index (χ3n) is 5.65. The van der Waals surface area contributed by atoms with E-state index in [9.17, 15) is 28.9 Å². The van der Waals surface area contributed by atoms with Gasteiger partial charge >= 0.3 is 0 Å². The van der Waals surface area contributed by atoms with Gasteiger partial charge in [-0.1, -0.05) is 30.3 Å². The van der Waals surface area contributed by atoms with E-state index in [0.717, 1.165) is 22.6 Å². The molecule has 1 saturated heterocycles. The van der Waals surface area contributed by atoms with Crippen LogP contribution in [0, 0.1) is 15.9 Å². The maximum Gasteiger partial charge on any atom is 0.269 e. The van der Waals surface area contributed by atoms with E-state index in [1.165, 1.54) is 41.3 Å². The van der Waals surface area contributed by atoms with Gasteiger partial charge in [0.25, 0.3) is 17.5 Å². The molecule has 0 radical (unpaired) electrons. The third kappa shape index (κ3) is 4.68. The number of halogens is 1. The van der Waals surface area contributed by atoms with Crippen molar-refractivity contribution in [3.63, 3.8) is 0 Å². The van der Waals surface area contributed by atoms with Crippen LogP contribution in [0.25, 0.3) is 0 Å². The predicted octanol–water partition coefficient (Wildman–Crippen LogP) is 3.75. The van der Waals surface area contributed by atoms with Crippen LogP contribution in [0.5, 0.6) is 0 Å². The Morgan fingerprint density at radius 3 is 2.26 bits per heavy atom. The Balaban J connectivity index is 1.63. The number of benzene rings is 3. The molecule has 3 amide bonds. The van der Waals surface area contributed by atoms with Gasteiger partial charge in [0.15, 0.2) is 0 Å². The number of carbonyl (C=O) groups is 3. The summed E-state index contributed by atoms with van der Waals surface area (Å²) < 4.78 is 13.3. The predicted molar refractivity (Wildman–Crippen MR) is 122 cm³/mol. The first kappa shape index (κ1) is 22.8. The molecule has 1 fully saturated rings. The zero-order valence-corrected chi connectivity index (χ0v) is 18.0. The van der Waals surface area contributed by atoms with Crippen molar-refractivity contribution in [3.8, 4) is 0 Å². The zero-order valence-electron chi connectivity index (χ0n) is 18.0. The molecule has 8 nitrogen and oxygen atoms in total. The number of rotatable bonds is 7. The number of nitro benzene ring substituents is 1. The normalized spacial score (nSPS) is 15.4. The second-order valence-corrected chi connectivity index (χ2v) is 7.80. The minimum atomic E-state index is -1.05. The van der Waals surface area contributed by atoms with Crippen LogP contribution in [-0.4, -0.2) is 40.1 Å². The van der Waals surface area contributed by atoms with Gasteiger partial charge in [0.1, 0.15) is 11.9 Å². The SMILES string of the molecule is O=C1CC(N(CCc2ccccc2)C(=O)c2ccc([N+](=O)[O-])cc2)C(=O)N1c1ccc(F)cc1. The van der Waals surface area contributed by atoms with Gasteiger partial charge in [0.05, 0.1) is 17.0 Å². The van der Waals surface area contributed by atoms with E-state index in [2.05, 4.69) is 0 Å². The topological polar surface area (TPSA) is 101 Å². The van der Waals surface area contributed by atoms with Crippen molar-refractivity contribution in [1.29, 1.82) is 0 Å². The van der Waals surface area contributed by atoms with Crippen molar-refractivity contribution in [2.24, 2.45) is 0 Å². The Bertz CT molecular complexity index is 1230. The van der Waals surface area contributed by atoms with E-state index >= 15 is 0 Å². The number of carbonyl (C=O) groups excluding carboxylic acids is 3. The largest absolute Gasteiger partial charge is 0.326 e. The first-order valence-corrected chi connectivity index (χ1v) is 10.6. The van der Waals surface area contributed by atoms with Gasteiger partial charge in [0, 0.05) is 24.2 Å². The summed E-state index contributed by atoms with van der Waals surface area (Å²) in [4.78, 5) is 52.1. The van der Waals surface area contributed by atoms with Gasteiger partial charge in [-0.3, -0.25) is 24.5 Å². The Labute approximate surface area is 194 Å². The van der Waals surface area contributed by atoms with Gasteiger partial charge < -0.3 is 4.90 Å². The fourth-order valence-corrected chi connectivity index (χ4v) is 3.91. The first-order valence-electron chi connectivity index (χ1n) is 10.6. The Morgan fingerprint density at radius 1 is 1.00 bits per heavy atom. The van der Waals surface area contributed by atoms with Crippen LogP contribution < -0.4 is 4.90 Å². The van der Waals surface area contributed by atoms with Crippen LogP contribution in [0.2, 0.25) is 0 Å². The standard InChI is InChI=1S/C25H20FN3O5/c26-19-8-12-20(13-9-19)28-23(30)16-22(25(28)32)27(15-14-17-4-2-1-3-5-17)24(31)18-6-10-21(11-7-18)29(33)34/h1-13,22H,14-16H2. The van der Waals surface area contributed by atoms with E-state index in [1.54, 1.807) is 0 Å². The quantitative estimate of drug-likeness (QED) is 0.303. The summed E-state index contributed by atoms with van der Waals surface area (Å²) >= 11 is 0. The number of nitrogens with zero attached hydrogens (tertiary/aromatic N) is 3. The lowest BCUT2D eigenvalue weighted by Crippen LogP contribution is -2.46. The second kappa shape index (κ2) is 9.62. The highest BCUT2D eigenvalue weighted by molar-refractivity contribution is 6.23. The van der Waals surface area contributed by atoms with Crippen molar-refractivity contribution in [3.05, 3.63) is 106 Å². The maximum atomic E-state index is 13.4. The van der Waals surface area contributed by atoms with Crippen LogP contribution in [0.15, 0.2) is 78.9 Å². The van der Waals surface area contributed by atoms with Gasteiger partial charge in [0.2, 0.25) is 5.91 Å². The average Bonchev–Trinajstić information content (AvgIpc) is 3.14. The third-order valence-corrected chi connectivity index (χ3v) is 5.65. The highest BCUT2D eigenvalue weighted by atomic mass is 19.1. The molecule has 0 spiro atoms. The molecule has 0 aromatic heterocycles. The maximum absolute atomic E-state index is 13.4. The minimum absolute atomic E-state index is 0.154. The minimum Gasteiger partial charge on any atom is -0.326 e. The molecule has 0 bridgehead atoms. The monoisotopic (exact) mass is 461 g/mol. The molecule has 34 heavy (non-hydrogen) atoms. The number of nitro groups is 1. The van der Waals surface area contributed by atoms with Crippen LogP contribution >= 0.6 is 0 Å². The molecular weight excluding hydrogens is 441 g/mol. The summed E-state index contributed by atoms with van der Waals surface area (Å²) in [5.41, 5.74) is 1.17. The fraction of sp³-hybridized carbons (Fsp3) is 0.160. The fourth-order valence-electron chi connectivity index (χ4n) is 3.91.